The number of amides is 1. The minimum Gasteiger partial charge on any atom is -0.335 e. The number of hydrogen-bond donors (Lipinski definition) is 0. The van der Waals surface area contributed by atoms with Gasteiger partial charge in [0.2, 0.25) is 5.91 Å². The molecule has 0 bridgehead atoms. The zero-order chi connectivity index (χ0) is 17.4. The molecule has 0 N–H and O–H groups in total. The second-order valence-corrected chi connectivity index (χ2v) is 6.28. The van der Waals surface area contributed by atoms with Crippen LogP contribution in [0.4, 0.5) is 13.2 Å². The molecule has 1 fully saturated rings. The van der Waals surface area contributed by atoms with Gasteiger partial charge in [0.15, 0.2) is 0 Å². The third kappa shape index (κ3) is 2.92. The summed E-state index contributed by atoms with van der Waals surface area (Å²) in [5, 5.41) is 8.95. The van der Waals surface area contributed by atoms with Crippen LogP contribution in [0.3, 0.4) is 0 Å². The maximum Gasteiger partial charge on any atom is 0.259 e. The minimum atomic E-state index is -3.13. The Labute approximate surface area is 133 Å². The molecule has 1 heterocycles. The highest BCUT2D eigenvalue weighted by Crippen LogP contribution is 2.47. The van der Waals surface area contributed by atoms with Gasteiger partial charge in [0.05, 0.1) is 17.7 Å². The van der Waals surface area contributed by atoms with Crippen LogP contribution < -0.4 is 0 Å². The van der Waals surface area contributed by atoms with E-state index >= 15 is 0 Å². The molecular formula is C17H19F3N2O. The van der Waals surface area contributed by atoms with E-state index in [0.717, 1.165) is 13.0 Å². The topological polar surface area (TPSA) is 44.1 Å². The van der Waals surface area contributed by atoms with Crippen molar-refractivity contribution >= 4 is 5.91 Å². The number of rotatable bonds is 4. The number of hydrogen-bond acceptors (Lipinski definition) is 2. The fourth-order valence-corrected chi connectivity index (χ4v) is 3.08. The summed E-state index contributed by atoms with van der Waals surface area (Å²) in [6.07, 6.45) is 0.498. The molecule has 1 aromatic rings. The van der Waals surface area contributed by atoms with Crippen molar-refractivity contribution in [1.29, 1.82) is 5.26 Å². The van der Waals surface area contributed by atoms with Crippen LogP contribution in [0.1, 0.15) is 50.8 Å². The highest BCUT2D eigenvalue weighted by molar-refractivity contribution is 5.86. The third-order valence-corrected chi connectivity index (χ3v) is 4.75. The number of alkyl halides is 2. The van der Waals surface area contributed by atoms with Gasteiger partial charge in [0.1, 0.15) is 11.2 Å². The van der Waals surface area contributed by atoms with Crippen LogP contribution >= 0.6 is 0 Å². The molecule has 1 aliphatic rings. The molecule has 124 valence electrons. The number of carbonyl (C=O) groups excluding carboxylic acids is 1. The quantitative estimate of drug-likeness (QED) is 0.839. The standard InChI is InChI=1S/C17H19F3N2O/c1-4-14(12-7-11(10-21)8-13(18)9-12)22-6-5-16(2,15(22)23)17(3,19)20/h7-9,14H,4-6H2,1-3H3. The smallest absolute Gasteiger partial charge is 0.259 e. The summed E-state index contributed by atoms with van der Waals surface area (Å²) < 4.78 is 41.3. The van der Waals surface area contributed by atoms with Gasteiger partial charge in [-0.3, -0.25) is 4.79 Å². The average Bonchev–Trinajstić information content (AvgIpc) is 2.77. The Morgan fingerprint density at radius 3 is 2.57 bits per heavy atom. The first kappa shape index (κ1) is 17.3. The Balaban J connectivity index is 2.39. The van der Waals surface area contributed by atoms with Crippen molar-refractivity contribution in [3.8, 4) is 6.07 Å². The second kappa shape index (κ2) is 5.88. The molecule has 1 aromatic carbocycles. The van der Waals surface area contributed by atoms with Gasteiger partial charge >= 0.3 is 0 Å². The van der Waals surface area contributed by atoms with Crippen molar-refractivity contribution in [1.82, 2.24) is 4.90 Å². The van der Waals surface area contributed by atoms with Crippen LogP contribution in [0.15, 0.2) is 18.2 Å². The van der Waals surface area contributed by atoms with E-state index in [0.29, 0.717) is 12.0 Å². The number of carbonyl (C=O) groups is 1. The van der Waals surface area contributed by atoms with E-state index in [1.54, 1.807) is 6.92 Å². The molecule has 2 atom stereocenters. The molecule has 1 aliphatic heterocycles. The number of halogens is 3. The van der Waals surface area contributed by atoms with Crippen LogP contribution in [0.2, 0.25) is 0 Å². The predicted octanol–water partition coefficient (Wildman–Crippen LogP) is 4.04. The number of nitriles is 1. The summed E-state index contributed by atoms with van der Waals surface area (Å²) in [4.78, 5) is 14.0. The summed E-state index contributed by atoms with van der Waals surface area (Å²) in [5.74, 6) is -4.33. The monoisotopic (exact) mass is 324 g/mol. The van der Waals surface area contributed by atoms with Crippen molar-refractivity contribution in [3.63, 3.8) is 0 Å². The summed E-state index contributed by atoms with van der Waals surface area (Å²) in [7, 11) is 0. The van der Waals surface area contributed by atoms with Crippen LogP contribution in [0, 0.1) is 22.6 Å². The van der Waals surface area contributed by atoms with Crippen LogP contribution in [0.25, 0.3) is 0 Å². The molecule has 1 amide bonds. The maximum atomic E-state index is 13.8. The predicted molar refractivity (Wildman–Crippen MR) is 79.2 cm³/mol. The fraction of sp³-hybridized carbons (Fsp3) is 0.529. The molecule has 3 nitrogen and oxygen atoms in total. The number of nitrogens with zero attached hydrogens (tertiary/aromatic N) is 2. The van der Waals surface area contributed by atoms with E-state index in [2.05, 4.69) is 0 Å². The first-order chi connectivity index (χ1) is 10.6. The summed E-state index contributed by atoms with van der Waals surface area (Å²) >= 11 is 0. The normalized spacial score (nSPS) is 23.0. The van der Waals surface area contributed by atoms with Gasteiger partial charge in [-0.25, -0.2) is 13.2 Å². The molecule has 23 heavy (non-hydrogen) atoms. The Kier molecular flexibility index (Phi) is 4.43. The summed E-state index contributed by atoms with van der Waals surface area (Å²) in [5.41, 5.74) is -1.14. The van der Waals surface area contributed by atoms with E-state index in [4.69, 9.17) is 5.26 Å². The lowest BCUT2D eigenvalue weighted by molar-refractivity contribution is -0.157. The van der Waals surface area contributed by atoms with Gasteiger partial charge in [0.25, 0.3) is 5.92 Å². The lowest BCUT2D eigenvalue weighted by atomic mass is 9.82. The Hall–Kier alpha value is -2.03. The first-order valence-electron chi connectivity index (χ1n) is 7.53. The van der Waals surface area contributed by atoms with Gasteiger partial charge in [-0.15, -0.1) is 0 Å². The van der Waals surface area contributed by atoms with Crippen LogP contribution in [0.5, 0.6) is 0 Å². The largest absolute Gasteiger partial charge is 0.335 e. The van der Waals surface area contributed by atoms with E-state index in [1.807, 2.05) is 6.07 Å². The molecule has 1 saturated heterocycles. The van der Waals surface area contributed by atoms with Crippen molar-refractivity contribution < 1.29 is 18.0 Å². The van der Waals surface area contributed by atoms with Gasteiger partial charge in [0, 0.05) is 13.5 Å². The van der Waals surface area contributed by atoms with E-state index in [-0.39, 0.29) is 18.5 Å². The zero-order valence-electron chi connectivity index (χ0n) is 13.4. The molecule has 2 unspecified atom stereocenters. The van der Waals surface area contributed by atoms with Crippen molar-refractivity contribution in [2.45, 2.75) is 45.6 Å². The van der Waals surface area contributed by atoms with Gasteiger partial charge < -0.3 is 4.90 Å². The van der Waals surface area contributed by atoms with Crippen molar-refractivity contribution in [3.05, 3.63) is 35.1 Å². The average molecular weight is 324 g/mol. The highest BCUT2D eigenvalue weighted by Gasteiger charge is 2.57. The summed E-state index contributed by atoms with van der Waals surface area (Å²) in [6, 6.07) is 5.21. The number of likely N-dealkylation sites (tertiary alicyclic amines) is 1. The summed E-state index contributed by atoms with van der Waals surface area (Å²) in [6.45, 7) is 4.02. The molecule has 0 aliphatic carbocycles. The second-order valence-electron chi connectivity index (χ2n) is 6.28. The van der Waals surface area contributed by atoms with E-state index < -0.39 is 29.1 Å². The zero-order valence-corrected chi connectivity index (χ0v) is 13.4. The minimum absolute atomic E-state index is 0.0479. The van der Waals surface area contributed by atoms with Gasteiger partial charge in [-0.05, 0) is 43.5 Å². The molecule has 0 radical (unpaired) electrons. The Morgan fingerprint density at radius 1 is 1.43 bits per heavy atom. The van der Waals surface area contributed by atoms with Crippen molar-refractivity contribution in [2.24, 2.45) is 5.41 Å². The molecule has 0 spiro atoms. The molecule has 0 saturated carbocycles. The van der Waals surface area contributed by atoms with Crippen LogP contribution in [-0.2, 0) is 4.79 Å². The maximum absolute atomic E-state index is 13.8. The van der Waals surface area contributed by atoms with Gasteiger partial charge in [-0.2, -0.15) is 5.26 Å². The lowest BCUT2D eigenvalue weighted by Gasteiger charge is -2.32. The molecular weight excluding hydrogens is 305 g/mol. The van der Waals surface area contributed by atoms with E-state index in [1.165, 1.54) is 24.0 Å². The fourth-order valence-electron chi connectivity index (χ4n) is 3.08. The Morgan fingerprint density at radius 2 is 2.09 bits per heavy atom. The molecule has 2 rings (SSSR count). The third-order valence-electron chi connectivity index (χ3n) is 4.75. The van der Waals surface area contributed by atoms with Crippen LogP contribution in [-0.4, -0.2) is 23.3 Å². The lowest BCUT2D eigenvalue weighted by Crippen LogP contribution is -2.44. The highest BCUT2D eigenvalue weighted by atomic mass is 19.3. The Bertz CT molecular complexity index is 663. The molecule has 0 aromatic heterocycles. The van der Waals surface area contributed by atoms with E-state index in [9.17, 15) is 18.0 Å². The SMILES string of the molecule is CCC(c1cc(F)cc(C#N)c1)N1CCC(C)(C(C)(F)F)C1=O. The van der Waals surface area contributed by atoms with Crippen molar-refractivity contribution in [2.75, 3.05) is 6.54 Å². The molecule has 6 heteroatoms. The van der Waals surface area contributed by atoms with Gasteiger partial charge in [-0.1, -0.05) is 6.92 Å². The number of benzene rings is 1. The first-order valence-corrected chi connectivity index (χ1v) is 7.53.